The number of anilines is 1. The Labute approximate surface area is 118 Å². The van der Waals surface area contributed by atoms with Crippen molar-refractivity contribution in [2.45, 2.75) is 25.8 Å². The maximum Gasteiger partial charge on any atom is 0.343 e. The van der Waals surface area contributed by atoms with E-state index in [1.165, 1.54) is 7.11 Å². The van der Waals surface area contributed by atoms with Gasteiger partial charge in [-0.1, -0.05) is 13.3 Å². The smallest absolute Gasteiger partial charge is 0.343 e. The predicted molar refractivity (Wildman–Crippen MR) is 75.5 cm³/mol. The summed E-state index contributed by atoms with van der Waals surface area (Å²) in [6.07, 6.45) is 1.50. The van der Waals surface area contributed by atoms with E-state index in [-0.39, 0.29) is 12.5 Å². The zero-order valence-corrected chi connectivity index (χ0v) is 11.7. The Morgan fingerprint density at radius 3 is 2.50 bits per heavy atom. The van der Waals surface area contributed by atoms with Crippen molar-refractivity contribution in [2.24, 2.45) is 5.73 Å². The Kier molecular flexibility index (Phi) is 6.52. The largest absolute Gasteiger partial charge is 0.482 e. The van der Waals surface area contributed by atoms with Gasteiger partial charge in [-0.05, 0) is 30.7 Å². The fourth-order valence-corrected chi connectivity index (χ4v) is 1.51. The Balaban J connectivity index is 2.50. The number of carbonyl (C=O) groups is 2. The van der Waals surface area contributed by atoms with Crippen molar-refractivity contribution in [3.05, 3.63) is 24.3 Å². The van der Waals surface area contributed by atoms with Gasteiger partial charge in [0, 0.05) is 5.69 Å². The van der Waals surface area contributed by atoms with Crippen LogP contribution < -0.4 is 15.8 Å². The molecule has 0 aliphatic carbocycles. The molecule has 110 valence electrons. The van der Waals surface area contributed by atoms with Crippen LogP contribution in [0.1, 0.15) is 19.8 Å². The van der Waals surface area contributed by atoms with Crippen LogP contribution in [0, 0.1) is 0 Å². The van der Waals surface area contributed by atoms with Crippen LogP contribution in [0.4, 0.5) is 5.69 Å². The van der Waals surface area contributed by atoms with Crippen molar-refractivity contribution in [1.29, 1.82) is 0 Å². The van der Waals surface area contributed by atoms with Crippen molar-refractivity contribution in [1.82, 2.24) is 0 Å². The van der Waals surface area contributed by atoms with E-state index in [1.54, 1.807) is 24.3 Å². The molecule has 3 N–H and O–H groups in total. The molecule has 0 fully saturated rings. The molecule has 0 saturated heterocycles. The lowest BCUT2D eigenvalue weighted by atomic mass is 10.1. The number of rotatable bonds is 7. The van der Waals surface area contributed by atoms with Crippen molar-refractivity contribution in [3.8, 4) is 5.75 Å². The molecule has 20 heavy (non-hydrogen) atoms. The first-order chi connectivity index (χ1) is 9.56. The van der Waals surface area contributed by atoms with Crippen molar-refractivity contribution in [2.75, 3.05) is 19.0 Å². The Morgan fingerprint density at radius 2 is 1.95 bits per heavy atom. The Bertz CT molecular complexity index is 445. The van der Waals surface area contributed by atoms with Gasteiger partial charge in [0.1, 0.15) is 5.75 Å². The molecule has 1 amide bonds. The highest BCUT2D eigenvalue weighted by molar-refractivity contribution is 5.94. The molecule has 1 atom stereocenters. The topological polar surface area (TPSA) is 90.7 Å². The normalized spacial score (nSPS) is 11.6. The minimum atomic E-state index is -0.504. The van der Waals surface area contributed by atoms with Gasteiger partial charge in [0.25, 0.3) is 0 Å². The molecule has 0 unspecified atom stereocenters. The van der Waals surface area contributed by atoms with Crippen LogP contribution in [0.25, 0.3) is 0 Å². The van der Waals surface area contributed by atoms with Crippen LogP contribution in [0.3, 0.4) is 0 Å². The molecule has 1 rings (SSSR count). The molecular weight excluding hydrogens is 260 g/mol. The van der Waals surface area contributed by atoms with Gasteiger partial charge in [-0.2, -0.15) is 0 Å². The number of nitrogens with two attached hydrogens (primary N) is 1. The van der Waals surface area contributed by atoms with Gasteiger partial charge < -0.3 is 20.5 Å². The van der Waals surface area contributed by atoms with Gasteiger partial charge >= 0.3 is 5.97 Å². The molecule has 0 heterocycles. The average molecular weight is 280 g/mol. The van der Waals surface area contributed by atoms with Crippen LogP contribution in [0.15, 0.2) is 24.3 Å². The highest BCUT2D eigenvalue weighted by atomic mass is 16.6. The molecule has 0 aliphatic heterocycles. The number of amides is 1. The maximum absolute atomic E-state index is 11.7. The number of hydrogen-bond acceptors (Lipinski definition) is 5. The van der Waals surface area contributed by atoms with E-state index < -0.39 is 12.0 Å². The maximum atomic E-state index is 11.7. The van der Waals surface area contributed by atoms with E-state index >= 15 is 0 Å². The second-order valence-corrected chi connectivity index (χ2v) is 4.27. The fourth-order valence-electron chi connectivity index (χ4n) is 1.51. The highest BCUT2D eigenvalue weighted by Crippen LogP contribution is 2.16. The number of benzene rings is 1. The number of ether oxygens (including phenoxy) is 2. The first kappa shape index (κ1) is 16.0. The van der Waals surface area contributed by atoms with E-state index in [0.29, 0.717) is 17.9 Å². The standard InChI is InChI=1S/C14H20N2O4/c1-3-4-12(15)14(18)16-10-5-7-11(8-6-10)20-9-13(17)19-2/h5-8,12H,3-4,9,15H2,1-2H3,(H,16,18)/t12-/m1/s1. The van der Waals surface area contributed by atoms with Crippen LogP contribution >= 0.6 is 0 Å². The lowest BCUT2D eigenvalue weighted by Crippen LogP contribution is -2.35. The van der Waals surface area contributed by atoms with Crippen molar-refractivity contribution >= 4 is 17.6 Å². The van der Waals surface area contributed by atoms with E-state index in [9.17, 15) is 9.59 Å². The summed E-state index contributed by atoms with van der Waals surface area (Å²) < 4.78 is 9.66. The summed E-state index contributed by atoms with van der Waals surface area (Å²) in [5.74, 6) is -0.144. The predicted octanol–water partition coefficient (Wildman–Crippen LogP) is 1.30. The number of carbonyl (C=O) groups excluding carboxylic acids is 2. The van der Waals surface area contributed by atoms with E-state index in [0.717, 1.165) is 6.42 Å². The number of nitrogens with one attached hydrogen (secondary N) is 1. The highest BCUT2D eigenvalue weighted by Gasteiger charge is 2.12. The summed E-state index contributed by atoms with van der Waals surface area (Å²) in [7, 11) is 1.30. The number of methoxy groups -OCH3 is 1. The van der Waals surface area contributed by atoms with Gasteiger partial charge in [0.05, 0.1) is 13.2 Å². The molecule has 0 spiro atoms. The van der Waals surface area contributed by atoms with E-state index in [2.05, 4.69) is 10.1 Å². The lowest BCUT2D eigenvalue weighted by molar-refractivity contribution is -0.142. The molecule has 6 nitrogen and oxygen atoms in total. The van der Waals surface area contributed by atoms with Crippen molar-refractivity contribution in [3.63, 3.8) is 0 Å². The summed E-state index contributed by atoms with van der Waals surface area (Å²) in [4.78, 5) is 22.6. The summed E-state index contributed by atoms with van der Waals surface area (Å²) in [6.45, 7) is 1.82. The molecule has 0 aromatic heterocycles. The third-order valence-electron chi connectivity index (χ3n) is 2.64. The van der Waals surface area contributed by atoms with E-state index in [4.69, 9.17) is 10.5 Å². The third kappa shape index (κ3) is 5.27. The van der Waals surface area contributed by atoms with Crippen LogP contribution in [0.5, 0.6) is 5.75 Å². The summed E-state index contributed by atoms with van der Waals surface area (Å²) in [5.41, 5.74) is 6.35. The SMILES string of the molecule is CCC[C@@H](N)C(=O)Nc1ccc(OCC(=O)OC)cc1. The van der Waals surface area contributed by atoms with Crippen LogP contribution in [-0.2, 0) is 14.3 Å². The van der Waals surface area contributed by atoms with Gasteiger partial charge in [0.2, 0.25) is 5.91 Å². The second-order valence-electron chi connectivity index (χ2n) is 4.27. The first-order valence-corrected chi connectivity index (χ1v) is 6.43. The molecule has 0 bridgehead atoms. The van der Waals surface area contributed by atoms with Gasteiger partial charge in [-0.3, -0.25) is 4.79 Å². The van der Waals surface area contributed by atoms with Crippen LogP contribution in [0.2, 0.25) is 0 Å². The molecule has 0 radical (unpaired) electrons. The quantitative estimate of drug-likeness (QED) is 0.735. The molecule has 6 heteroatoms. The van der Waals surface area contributed by atoms with Crippen molar-refractivity contribution < 1.29 is 19.1 Å². The Morgan fingerprint density at radius 1 is 1.30 bits per heavy atom. The molecular formula is C14H20N2O4. The second kappa shape index (κ2) is 8.16. The summed E-state index contributed by atoms with van der Waals surface area (Å²) in [5, 5.41) is 2.72. The molecule has 1 aromatic carbocycles. The fraction of sp³-hybridized carbons (Fsp3) is 0.429. The average Bonchev–Trinajstić information content (AvgIpc) is 2.46. The monoisotopic (exact) mass is 280 g/mol. The molecule has 1 aromatic rings. The third-order valence-corrected chi connectivity index (χ3v) is 2.64. The zero-order valence-electron chi connectivity index (χ0n) is 11.7. The Hall–Kier alpha value is -2.08. The number of esters is 1. The minimum Gasteiger partial charge on any atom is -0.482 e. The number of hydrogen-bond donors (Lipinski definition) is 2. The zero-order chi connectivity index (χ0) is 15.0. The van der Waals surface area contributed by atoms with E-state index in [1.807, 2.05) is 6.92 Å². The summed E-state index contributed by atoms with van der Waals surface area (Å²) >= 11 is 0. The van der Waals surface area contributed by atoms with Crippen LogP contribution in [-0.4, -0.2) is 31.6 Å². The van der Waals surface area contributed by atoms with Gasteiger partial charge in [0.15, 0.2) is 6.61 Å². The van der Waals surface area contributed by atoms with Gasteiger partial charge in [-0.15, -0.1) is 0 Å². The first-order valence-electron chi connectivity index (χ1n) is 6.43. The molecule has 0 saturated carbocycles. The lowest BCUT2D eigenvalue weighted by Gasteiger charge is -2.11. The molecule has 0 aliphatic rings. The summed E-state index contributed by atoms with van der Waals surface area (Å²) in [6, 6.07) is 6.18. The van der Waals surface area contributed by atoms with Gasteiger partial charge in [-0.25, -0.2) is 4.79 Å². The minimum absolute atomic E-state index is 0.149.